The Morgan fingerprint density at radius 3 is 2.48 bits per heavy atom. The molecule has 3 heteroatoms. The van der Waals surface area contributed by atoms with Crippen LogP contribution in [0, 0.1) is 5.92 Å². The van der Waals surface area contributed by atoms with Gasteiger partial charge in [0.15, 0.2) is 0 Å². The van der Waals surface area contributed by atoms with Crippen LogP contribution in [0.4, 0.5) is 0 Å². The molecule has 2 heterocycles. The van der Waals surface area contributed by atoms with Crippen LogP contribution in [0.3, 0.4) is 0 Å². The first-order valence-electron chi connectivity index (χ1n) is 11.3. The highest BCUT2D eigenvalue weighted by Gasteiger charge is 2.14. The lowest BCUT2D eigenvalue weighted by molar-refractivity contribution is 0.205. The summed E-state index contributed by atoms with van der Waals surface area (Å²) in [4.78, 5) is 2.59. The number of hydrogen-bond donors (Lipinski definition) is 0. The van der Waals surface area contributed by atoms with Gasteiger partial charge in [-0.2, -0.15) is 0 Å². The standard InChI is InChI=1S/C24H36N2O/c1-2-5-10-21(9-4-1)20-26-17-13-22-19-23(11-12-24(22)26)27-18-8-16-25-14-6-3-7-15-25/h11-13,17,19,21H,1-10,14-16,18,20H2. The van der Waals surface area contributed by atoms with Crippen LogP contribution in [-0.2, 0) is 6.54 Å². The predicted molar refractivity (Wildman–Crippen MR) is 114 cm³/mol. The van der Waals surface area contributed by atoms with Crippen molar-refractivity contribution in [2.45, 2.75) is 70.8 Å². The molecule has 2 aromatic rings. The second kappa shape index (κ2) is 9.64. The van der Waals surface area contributed by atoms with Crippen LogP contribution in [-0.4, -0.2) is 35.7 Å². The number of benzene rings is 1. The fourth-order valence-corrected chi connectivity index (χ4v) is 4.91. The van der Waals surface area contributed by atoms with Crippen molar-refractivity contribution in [3.63, 3.8) is 0 Å². The second-order valence-electron chi connectivity index (χ2n) is 8.65. The van der Waals surface area contributed by atoms with Gasteiger partial charge in [-0.25, -0.2) is 0 Å². The Hall–Kier alpha value is -1.48. The van der Waals surface area contributed by atoms with E-state index in [0.29, 0.717) is 0 Å². The summed E-state index contributed by atoms with van der Waals surface area (Å²) < 4.78 is 8.51. The first-order chi connectivity index (χ1) is 13.4. The normalized spacial score (nSPS) is 20.0. The molecule has 1 saturated heterocycles. The van der Waals surface area contributed by atoms with Gasteiger partial charge < -0.3 is 14.2 Å². The Morgan fingerprint density at radius 1 is 0.889 bits per heavy atom. The molecule has 0 bridgehead atoms. The topological polar surface area (TPSA) is 17.4 Å². The first kappa shape index (κ1) is 18.9. The van der Waals surface area contributed by atoms with Gasteiger partial charge in [-0.15, -0.1) is 0 Å². The van der Waals surface area contributed by atoms with Crippen molar-refractivity contribution in [1.29, 1.82) is 0 Å². The molecule has 0 N–H and O–H groups in total. The van der Waals surface area contributed by atoms with Gasteiger partial charge >= 0.3 is 0 Å². The molecular weight excluding hydrogens is 332 g/mol. The van der Waals surface area contributed by atoms with Gasteiger partial charge in [0.05, 0.1) is 6.61 Å². The second-order valence-corrected chi connectivity index (χ2v) is 8.65. The highest BCUT2D eigenvalue weighted by molar-refractivity contribution is 5.81. The molecule has 1 aliphatic carbocycles. The van der Waals surface area contributed by atoms with E-state index >= 15 is 0 Å². The molecule has 2 fully saturated rings. The Bertz CT molecular complexity index is 693. The van der Waals surface area contributed by atoms with E-state index in [0.717, 1.165) is 24.7 Å². The van der Waals surface area contributed by atoms with E-state index in [1.165, 1.54) is 94.9 Å². The van der Waals surface area contributed by atoms with Gasteiger partial charge in [0, 0.05) is 30.2 Å². The van der Waals surface area contributed by atoms with Crippen molar-refractivity contribution in [3.05, 3.63) is 30.5 Å². The molecule has 0 amide bonds. The van der Waals surface area contributed by atoms with E-state index in [4.69, 9.17) is 4.74 Å². The maximum atomic E-state index is 6.04. The molecular formula is C24H36N2O. The summed E-state index contributed by atoms with van der Waals surface area (Å²) in [5.41, 5.74) is 1.36. The van der Waals surface area contributed by atoms with Gasteiger partial charge in [-0.05, 0) is 75.4 Å². The number of ether oxygens (including phenoxy) is 1. The van der Waals surface area contributed by atoms with Gasteiger partial charge in [0.25, 0.3) is 0 Å². The third-order valence-corrected chi connectivity index (χ3v) is 6.51. The average molecular weight is 369 g/mol. The minimum atomic E-state index is 0.824. The van der Waals surface area contributed by atoms with Crippen LogP contribution in [0.15, 0.2) is 30.5 Å². The zero-order valence-electron chi connectivity index (χ0n) is 16.9. The number of hydrogen-bond acceptors (Lipinski definition) is 2. The first-order valence-corrected chi connectivity index (χ1v) is 11.3. The largest absolute Gasteiger partial charge is 0.494 e. The molecule has 0 spiro atoms. The third kappa shape index (κ3) is 5.28. The van der Waals surface area contributed by atoms with E-state index in [2.05, 4.69) is 39.9 Å². The third-order valence-electron chi connectivity index (χ3n) is 6.51. The Balaban J connectivity index is 1.28. The number of rotatable bonds is 7. The molecule has 0 radical (unpaired) electrons. The van der Waals surface area contributed by atoms with E-state index in [9.17, 15) is 0 Å². The van der Waals surface area contributed by atoms with Crippen LogP contribution >= 0.6 is 0 Å². The number of piperidine rings is 1. The van der Waals surface area contributed by atoms with E-state index in [1.54, 1.807) is 0 Å². The summed E-state index contributed by atoms with van der Waals surface area (Å²) in [5, 5.41) is 1.32. The summed E-state index contributed by atoms with van der Waals surface area (Å²) in [6.45, 7) is 5.74. The van der Waals surface area contributed by atoms with Gasteiger partial charge in [-0.1, -0.05) is 32.1 Å². The summed E-state index contributed by atoms with van der Waals surface area (Å²) in [6.07, 6.45) is 16.0. The van der Waals surface area contributed by atoms with E-state index in [-0.39, 0.29) is 0 Å². The maximum absolute atomic E-state index is 6.04. The Kier molecular flexibility index (Phi) is 6.73. The molecule has 1 aromatic heterocycles. The summed E-state index contributed by atoms with van der Waals surface area (Å²) in [6, 6.07) is 8.89. The maximum Gasteiger partial charge on any atom is 0.120 e. The smallest absolute Gasteiger partial charge is 0.120 e. The van der Waals surface area contributed by atoms with Crippen molar-refractivity contribution >= 4 is 10.9 Å². The predicted octanol–water partition coefficient (Wildman–Crippen LogP) is 5.87. The van der Waals surface area contributed by atoms with Gasteiger partial charge in [0.2, 0.25) is 0 Å². The molecule has 148 valence electrons. The van der Waals surface area contributed by atoms with Crippen LogP contribution < -0.4 is 4.74 Å². The fraction of sp³-hybridized carbons (Fsp3) is 0.667. The lowest BCUT2D eigenvalue weighted by atomic mass is 10.0. The lowest BCUT2D eigenvalue weighted by Gasteiger charge is -2.26. The van der Waals surface area contributed by atoms with E-state index in [1.807, 2.05) is 0 Å². The Morgan fingerprint density at radius 2 is 1.67 bits per heavy atom. The van der Waals surface area contributed by atoms with Crippen molar-refractivity contribution < 1.29 is 4.74 Å². The molecule has 0 atom stereocenters. The molecule has 3 nitrogen and oxygen atoms in total. The summed E-state index contributed by atoms with van der Waals surface area (Å²) in [5.74, 6) is 1.88. The molecule has 1 saturated carbocycles. The monoisotopic (exact) mass is 368 g/mol. The minimum absolute atomic E-state index is 0.824. The van der Waals surface area contributed by atoms with Crippen LogP contribution in [0.1, 0.15) is 64.2 Å². The fourth-order valence-electron chi connectivity index (χ4n) is 4.91. The van der Waals surface area contributed by atoms with Crippen molar-refractivity contribution in [1.82, 2.24) is 9.47 Å². The number of fused-ring (bicyclic) bond motifs is 1. The summed E-state index contributed by atoms with van der Waals surface area (Å²) in [7, 11) is 0. The Labute approximate surface area is 164 Å². The number of aromatic nitrogens is 1. The molecule has 27 heavy (non-hydrogen) atoms. The SMILES string of the molecule is c1cc2c(ccn2CC2CCCCCC2)cc1OCCCN1CCCCC1. The van der Waals surface area contributed by atoms with Crippen molar-refractivity contribution in [2.75, 3.05) is 26.2 Å². The number of nitrogens with zero attached hydrogens (tertiary/aromatic N) is 2. The van der Waals surface area contributed by atoms with Crippen LogP contribution in [0.25, 0.3) is 10.9 Å². The zero-order valence-corrected chi connectivity index (χ0v) is 16.9. The summed E-state index contributed by atoms with van der Waals surface area (Å²) >= 11 is 0. The van der Waals surface area contributed by atoms with Crippen LogP contribution in [0.2, 0.25) is 0 Å². The molecule has 4 rings (SSSR count). The number of likely N-dealkylation sites (tertiary alicyclic amines) is 1. The minimum Gasteiger partial charge on any atom is -0.494 e. The van der Waals surface area contributed by atoms with E-state index < -0.39 is 0 Å². The van der Waals surface area contributed by atoms with Crippen molar-refractivity contribution in [2.24, 2.45) is 5.92 Å². The average Bonchev–Trinajstić information content (AvgIpc) is 2.92. The molecule has 2 aliphatic rings. The van der Waals surface area contributed by atoms with Crippen molar-refractivity contribution in [3.8, 4) is 5.75 Å². The quantitative estimate of drug-likeness (QED) is 0.449. The highest BCUT2D eigenvalue weighted by atomic mass is 16.5. The lowest BCUT2D eigenvalue weighted by Crippen LogP contribution is -2.31. The highest BCUT2D eigenvalue weighted by Crippen LogP contribution is 2.27. The zero-order chi connectivity index (χ0) is 18.3. The van der Waals surface area contributed by atoms with Gasteiger partial charge in [0.1, 0.15) is 5.75 Å². The molecule has 1 aliphatic heterocycles. The molecule has 0 unspecified atom stereocenters. The molecule has 1 aromatic carbocycles. The van der Waals surface area contributed by atoms with Crippen LogP contribution in [0.5, 0.6) is 5.75 Å². The van der Waals surface area contributed by atoms with Gasteiger partial charge in [-0.3, -0.25) is 0 Å².